The zero-order chi connectivity index (χ0) is 16.5. The third-order valence-electron chi connectivity index (χ3n) is 4.70. The largest absolute Gasteiger partial charge is 0.486 e. The van der Waals surface area contributed by atoms with E-state index in [4.69, 9.17) is 14.0 Å². The minimum atomic E-state index is -0.122. The predicted molar refractivity (Wildman–Crippen MR) is 83.7 cm³/mol. The van der Waals surface area contributed by atoms with Crippen molar-refractivity contribution in [3.05, 3.63) is 42.0 Å². The van der Waals surface area contributed by atoms with Gasteiger partial charge in [0.25, 0.3) is 5.91 Å². The van der Waals surface area contributed by atoms with Crippen LogP contribution in [0.3, 0.4) is 0 Å². The Bertz CT molecular complexity index is 718. The zero-order valence-corrected chi connectivity index (χ0v) is 13.4. The maximum absolute atomic E-state index is 12.8. The number of aryl methyl sites for hydroxylation is 1. The smallest absolute Gasteiger partial charge is 0.259 e. The van der Waals surface area contributed by atoms with E-state index in [1.165, 1.54) is 6.26 Å². The number of amides is 1. The highest BCUT2D eigenvalue weighted by molar-refractivity contribution is 5.95. The van der Waals surface area contributed by atoms with E-state index >= 15 is 0 Å². The highest BCUT2D eigenvalue weighted by atomic mass is 16.5. The molecule has 0 aromatic carbocycles. The molecule has 1 saturated carbocycles. The second kappa shape index (κ2) is 6.24. The summed E-state index contributed by atoms with van der Waals surface area (Å²) in [4.78, 5) is 18.8. The number of fused-ring (bicyclic) bond motifs is 1. The van der Waals surface area contributed by atoms with Crippen molar-refractivity contribution in [3.8, 4) is 5.75 Å². The summed E-state index contributed by atoms with van der Waals surface area (Å²) in [5.41, 5.74) is 1.14. The standard InChI is InChI=1S/C17H19N3O4/c1-11-13(10-23-19-11)17(21)20-7-8-22-16-14(20)4-5-15(16)24-12-3-2-6-18-9-12/h2-3,6,9-10,14-16H,4-5,7-8H2,1H3/t14-,15+,16+/m0/s1. The maximum atomic E-state index is 12.8. The van der Waals surface area contributed by atoms with Crippen molar-refractivity contribution < 1.29 is 18.8 Å². The Morgan fingerprint density at radius 1 is 1.42 bits per heavy atom. The van der Waals surface area contributed by atoms with Gasteiger partial charge in [-0.1, -0.05) is 5.16 Å². The fourth-order valence-corrected chi connectivity index (χ4v) is 3.54. The van der Waals surface area contributed by atoms with Crippen LogP contribution in [0.4, 0.5) is 0 Å². The fraction of sp³-hybridized carbons (Fsp3) is 0.471. The quantitative estimate of drug-likeness (QED) is 0.855. The SMILES string of the molecule is Cc1nocc1C(=O)N1CCO[C@H]2[C@H](Oc3cccnc3)CC[C@@H]21. The molecule has 1 saturated heterocycles. The molecule has 2 aromatic heterocycles. The number of carbonyl (C=O) groups excluding carboxylic acids is 1. The molecule has 0 unspecified atom stereocenters. The molecule has 7 heteroatoms. The lowest BCUT2D eigenvalue weighted by molar-refractivity contribution is -0.0787. The Morgan fingerprint density at radius 2 is 2.33 bits per heavy atom. The van der Waals surface area contributed by atoms with E-state index in [0.29, 0.717) is 24.4 Å². The first-order valence-corrected chi connectivity index (χ1v) is 8.14. The molecule has 2 aromatic rings. The molecule has 2 fully saturated rings. The summed E-state index contributed by atoms with van der Waals surface area (Å²) >= 11 is 0. The van der Waals surface area contributed by atoms with Gasteiger partial charge in [-0.3, -0.25) is 9.78 Å². The number of hydrogen-bond donors (Lipinski definition) is 0. The lowest BCUT2D eigenvalue weighted by atomic mass is 10.1. The van der Waals surface area contributed by atoms with Gasteiger partial charge in [-0.2, -0.15) is 0 Å². The van der Waals surface area contributed by atoms with Crippen molar-refractivity contribution in [2.75, 3.05) is 13.2 Å². The van der Waals surface area contributed by atoms with E-state index in [-0.39, 0.29) is 24.2 Å². The second-order valence-corrected chi connectivity index (χ2v) is 6.14. The normalized spacial score (nSPS) is 26.2. The van der Waals surface area contributed by atoms with E-state index < -0.39 is 0 Å². The summed E-state index contributed by atoms with van der Waals surface area (Å²) in [5, 5.41) is 3.80. The van der Waals surface area contributed by atoms with Crippen molar-refractivity contribution >= 4 is 5.91 Å². The molecule has 0 bridgehead atoms. The first kappa shape index (κ1) is 15.1. The molecule has 1 aliphatic heterocycles. The average molecular weight is 329 g/mol. The van der Waals surface area contributed by atoms with Crippen molar-refractivity contribution in [1.29, 1.82) is 0 Å². The number of morpholine rings is 1. The lowest BCUT2D eigenvalue weighted by Gasteiger charge is -2.38. The highest BCUT2D eigenvalue weighted by Crippen LogP contribution is 2.33. The first-order chi connectivity index (χ1) is 11.7. The first-order valence-electron chi connectivity index (χ1n) is 8.14. The third kappa shape index (κ3) is 2.65. The summed E-state index contributed by atoms with van der Waals surface area (Å²) in [5.74, 6) is 0.680. The number of rotatable bonds is 3. The summed E-state index contributed by atoms with van der Waals surface area (Å²) in [7, 11) is 0. The Morgan fingerprint density at radius 3 is 3.08 bits per heavy atom. The molecule has 24 heavy (non-hydrogen) atoms. The van der Waals surface area contributed by atoms with Gasteiger partial charge in [0, 0.05) is 12.7 Å². The van der Waals surface area contributed by atoms with Crippen molar-refractivity contribution in [2.24, 2.45) is 0 Å². The average Bonchev–Trinajstić information content (AvgIpc) is 3.22. The molecule has 3 atom stereocenters. The molecule has 126 valence electrons. The number of carbonyl (C=O) groups is 1. The molecular weight excluding hydrogens is 310 g/mol. The minimum absolute atomic E-state index is 0.0159. The Kier molecular flexibility index (Phi) is 3.93. The molecule has 1 aliphatic carbocycles. The van der Waals surface area contributed by atoms with Gasteiger partial charge in [-0.15, -0.1) is 0 Å². The number of nitrogens with zero attached hydrogens (tertiary/aromatic N) is 3. The van der Waals surface area contributed by atoms with E-state index in [0.717, 1.165) is 18.6 Å². The highest BCUT2D eigenvalue weighted by Gasteiger charge is 2.46. The van der Waals surface area contributed by atoms with E-state index in [9.17, 15) is 4.79 Å². The molecule has 2 aliphatic rings. The van der Waals surface area contributed by atoms with Crippen LogP contribution >= 0.6 is 0 Å². The van der Waals surface area contributed by atoms with Crippen LogP contribution in [0.2, 0.25) is 0 Å². The van der Waals surface area contributed by atoms with Gasteiger partial charge in [-0.05, 0) is 31.9 Å². The van der Waals surface area contributed by atoms with Gasteiger partial charge >= 0.3 is 0 Å². The number of ether oxygens (including phenoxy) is 2. The van der Waals surface area contributed by atoms with Crippen LogP contribution in [-0.2, 0) is 4.74 Å². The summed E-state index contributed by atoms with van der Waals surface area (Å²) in [6.45, 7) is 2.85. The van der Waals surface area contributed by atoms with Crippen molar-refractivity contribution in [3.63, 3.8) is 0 Å². The molecular formula is C17H19N3O4. The number of hydrogen-bond acceptors (Lipinski definition) is 6. The maximum Gasteiger partial charge on any atom is 0.259 e. The number of aromatic nitrogens is 2. The Balaban J connectivity index is 1.50. The Hall–Kier alpha value is -2.41. The minimum Gasteiger partial charge on any atom is -0.486 e. The molecule has 0 N–H and O–H groups in total. The van der Waals surface area contributed by atoms with Crippen molar-refractivity contribution in [1.82, 2.24) is 15.0 Å². The van der Waals surface area contributed by atoms with Crippen molar-refractivity contribution in [2.45, 2.75) is 38.0 Å². The predicted octanol–water partition coefficient (Wildman–Crippen LogP) is 1.83. The third-order valence-corrected chi connectivity index (χ3v) is 4.70. The summed E-state index contributed by atoms with van der Waals surface area (Å²) < 4.78 is 16.9. The van der Waals surface area contributed by atoms with Crippen LogP contribution in [0, 0.1) is 6.92 Å². The van der Waals surface area contributed by atoms with Crippen LogP contribution in [0.25, 0.3) is 0 Å². The van der Waals surface area contributed by atoms with Crippen LogP contribution in [0.1, 0.15) is 28.9 Å². The van der Waals surface area contributed by atoms with Crippen LogP contribution in [0.15, 0.2) is 35.3 Å². The van der Waals surface area contributed by atoms with E-state index in [1.54, 1.807) is 19.3 Å². The number of pyridine rings is 1. The second-order valence-electron chi connectivity index (χ2n) is 6.14. The summed E-state index contributed by atoms with van der Waals surface area (Å²) in [6, 6.07) is 3.74. The monoisotopic (exact) mass is 329 g/mol. The molecule has 0 radical (unpaired) electrons. The Labute approximate surface area is 139 Å². The van der Waals surface area contributed by atoms with Gasteiger partial charge in [0.05, 0.1) is 24.5 Å². The van der Waals surface area contributed by atoms with E-state index in [2.05, 4.69) is 10.1 Å². The van der Waals surface area contributed by atoms with Gasteiger partial charge in [0.15, 0.2) is 0 Å². The summed E-state index contributed by atoms with van der Waals surface area (Å²) in [6.07, 6.45) is 6.33. The van der Waals surface area contributed by atoms with Crippen LogP contribution in [0.5, 0.6) is 5.75 Å². The van der Waals surface area contributed by atoms with Crippen LogP contribution in [-0.4, -0.2) is 52.3 Å². The van der Waals surface area contributed by atoms with Crippen LogP contribution < -0.4 is 4.74 Å². The molecule has 7 nitrogen and oxygen atoms in total. The molecule has 1 amide bonds. The topological polar surface area (TPSA) is 77.7 Å². The van der Waals surface area contributed by atoms with Gasteiger partial charge in [0.2, 0.25) is 0 Å². The van der Waals surface area contributed by atoms with Gasteiger partial charge < -0.3 is 18.9 Å². The molecule has 0 spiro atoms. The molecule has 4 rings (SSSR count). The van der Waals surface area contributed by atoms with Gasteiger partial charge in [0.1, 0.15) is 29.8 Å². The van der Waals surface area contributed by atoms with Gasteiger partial charge in [-0.25, -0.2) is 0 Å². The van der Waals surface area contributed by atoms with E-state index in [1.807, 2.05) is 17.0 Å². The zero-order valence-electron chi connectivity index (χ0n) is 13.4. The molecule has 3 heterocycles. The fourth-order valence-electron chi connectivity index (χ4n) is 3.54. The lowest BCUT2D eigenvalue weighted by Crippen LogP contribution is -2.54.